The van der Waals surface area contributed by atoms with Crippen LogP contribution in [0.4, 0.5) is 11.8 Å². The number of morpholine rings is 1. The summed E-state index contributed by atoms with van der Waals surface area (Å²) in [5.74, 6) is 1.47. The van der Waals surface area contributed by atoms with Gasteiger partial charge in [0.25, 0.3) is 0 Å². The number of imidazole rings is 1. The molecule has 0 amide bonds. The summed E-state index contributed by atoms with van der Waals surface area (Å²) in [6, 6.07) is 0. The third-order valence-corrected chi connectivity index (χ3v) is 3.21. The molecule has 2 atom stereocenters. The van der Waals surface area contributed by atoms with Gasteiger partial charge >= 0.3 is 0 Å². The fourth-order valence-electron chi connectivity index (χ4n) is 2.51. The Bertz CT molecular complexity index is 573. The summed E-state index contributed by atoms with van der Waals surface area (Å²) in [5.41, 5.74) is 1.56. The maximum Gasteiger partial charge on any atom is 0.226 e. The lowest BCUT2D eigenvalue weighted by atomic mass is 10.2. The maximum absolute atomic E-state index is 5.76. The molecule has 0 aliphatic carbocycles. The monoisotopic (exact) mass is 262 g/mol. The van der Waals surface area contributed by atoms with E-state index in [4.69, 9.17) is 4.74 Å². The minimum Gasteiger partial charge on any atom is -0.372 e. The quantitative estimate of drug-likeness (QED) is 0.841. The number of nitrogens with one attached hydrogen (secondary N) is 2. The Morgan fingerprint density at radius 3 is 2.74 bits per heavy atom. The molecule has 0 saturated carbocycles. The molecule has 1 fully saturated rings. The van der Waals surface area contributed by atoms with Gasteiger partial charge in [0, 0.05) is 20.1 Å². The third-order valence-electron chi connectivity index (χ3n) is 3.21. The maximum atomic E-state index is 5.76. The zero-order valence-corrected chi connectivity index (χ0v) is 11.3. The van der Waals surface area contributed by atoms with Crippen molar-refractivity contribution in [1.29, 1.82) is 0 Å². The molecule has 7 heteroatoms. The molecule has 7 nitrogen and oxygen atoms in total. The second-order valence-electron chi connectivity index (χ2n) is 4.88. The van der Waals surface area contributed by atoms with Gasteiger partial charge in [-0.3, -0.25) is 0 Å². The zero-order valence-electron chi connectivity index (χ0n) is 11.3. The predicted octanol–water partition coefficient (Wildman–Crippen LogP) is 1.01. The summed E-state index contributed by atoms with van der Waals surface area (Å²) in [5, 5.41) is 2.98. The Hall–Kier alpha value is -1.89. The van der Waals surface area contributed by atoms with E-state index in [0.717, 1.165) is 24.4 Å². The van der Waals surface area contributed by atoms with Gasteiger partial charge in [-0.1, -0.05) is 0 Å². The van der Waals surface area contributed by atoms with Crippen molar-refractivity contribution in [3.05, 3.63) is 6.33 Å². The first-order valence-corrected chi connectivity index (χ1v) is 6.46. The van der Waals surface area contributed by atoms with Crippen LogP contribution in [-0.2, 0) is 4.74 Å². The van der Waals surface area contributed by atoms with Gasteiger partial charge in [0.1, 0.15) is 5.52 Å². The van der Waals surface area contributed by atoms with Crippen LogP contribution in [0, 0.1) is 0 Å². The summed E-state index contributed by atoms with van der Waals surface area (Å²) in [6.07, 6.45) is 2.03. The van der Waals surface area contributed by atoms with Gasteiger partial charge < -0.3 is 19.9 Å². The lowest BCUT2D eigenvalue weighted by Crippen LogP contribution is -2.46. The number of anilines is 2. The molecule has 2 aromatic rings. The Morgan fingerprint density at radius 1 is 1.32 bits per heavy atom. The number of fused-ring (bicyclic) bond motifs is 1. The summed E-state index contributed by atoms with van der Waals surface area (Å²) in [7, 11) is 1.81. The summed E-state index contributed by atoms with van der Waals surface area (Å²) in [4.78, 5) is 18.4. The summed E-state index contributed by atoms with van der Waals surface area (Å²) in [6.45, 7) is 5.79. The zero-order chi connectivity index (χ0) is 13.4. The number of aromatic nitrogens is 4. The Kier molecular flexibility index (Phi) is 2.98. The van der Waals surface area contributed by atoms with E-state index in [9.17, 15) is 0 Å². The molecule has 1 aliphatic rings. The molecule has 2 unspecified atom stereocenters. The number of aromatic amines is 1. The first-order valence-electron chi connectivity index (χ1n) is 6.46. The third kappa shape index (κ3) is 2.21. The highest BCUT2D eigenvalue weighted by molar-refractivity contribution is 5.84. The first kappa shape index (κ1) is 12.2. The normalized spacial score (nSPS) is 23.8. The van der Waals surface area contributed by atoms with E-state index in [-0.39, 0.29) is 12.2 Å². The van der Waals surface area contributed by atoms with E-state index in [0.29, 0.717) is 11.6 Å². The van der Waals surface area contributed by atoms with Crippen LogP contribution in [0.15, 0.2) is 6.33 Å². The van der Waals surface area contributed by atoms with Crippen LogP contribution in [0.2, 0.25) is 0 Å². The van der Waals surface area contributed by atoms with Crippen molar-refractivity contribution >= 4 is 22.9 Å². The molecule has 3 heterocycles. The van der Waals surface area contributed by atoms with Crippen molar-refractivity contribution in [1.82, 2.24) is 19.9 Å². The number of hydrogen-bond donors (Lipinski definition) is 2. The van der Waals surface area contributed by atoms with Crippen molar-refractivity contribution in [2.24, 2.45) is 0 Å². The van der Waals surface area contributed by atoms with Crippen LogP contribution < -0.4 is 10.2 Å². The van der Waals surface area contributed by atoms with E-state index >= 15 is 0 Å². The van der Waals surface area contributed by atoms with E-state index in [1.54, 1.807) is 6.33 Å². The second-order valence-corrected chi connectivity index (χ2v) is 4.88. The van der Waals surface area contributed by atoms with Crippen LogP contribution in [0.3, 0.4) is 0 Å². The van der Waals surface area contributed by atoms with Crippen LogP contribution in [0.25, 0.3) is 11.2 Å². The molecule has 0 aromatic carbocycles. The van der Waals surface area contributed by atoms with Gasteiger partial charge in [0.2, 0.25) is 5.95 Å². The van der Waals surface area contributed by atoms with Crippen LogP contribution >= 0.6 is 0 Å². The Labute approximate surface area is 111 Å². The Morgan fingerprint density at radius 2 is 2.05 bits per heavy atom. The van der Waals surface area contributed by atoms with Gasteiger partial charge in [0.15, 0.2) is 11.5 Å². The number of nitrogens with zero attached hydrogens (tertiary/aromatic N) is 4. The van der Waals surface area contributed by atoms with E-state index in [1.807, 2.05) is 7.05 Å². The molecule has 0 radical (unpaired) electrons. The minimum atomic E-state index is 0.190. The van der Waals surface area contributed by atoms with Crippen molar-refractivity contribution < 1.29 is 4.74 Å². The highest BCUT2D eigenvalue weighted by Gasteiger charge is 2.25. The molecule has 2 N–H and O–H groups in total. The van der Waals surface area contributed by atoms with E-state index in [2.05, 4.69) is 44.0 Å². The van der Waals surface area contributed by atoms with Crippen molar-refractivity contribution in [3.63, 3.8) is 0 Å². The van der Waals surface area contributed by atoms with Crippen molar-refractivity contribution in [2.75, 3.05) is 30.4 Å². The van der Waals surface area contributed by atoms with Gasteiger partial charge in [-0.25, -0.2) is 4.98 Å². The van der Waals surface area contributed by atoms with Crippen LogP contribution in [-0.4, -0.2) is 52.3 Å². The topological polar surface area (TPSA) is 79.0 Å². The molecule has 3 rings (SSSR count). The van der Waals surface area contributed by atoms with Gasteiger partial charge in [-0.05, 0) is 13.8 Å². The van der Waals surface area contributed by atoms with Gasteiger partial charge in [0.05, 0.1) is 18.5 Å². The molecular weight excluding hydrogens is 244 g/mol. The Balaban J connectivity index is 2.05. The molecule has 19 heavy (non-hydrogen) atoms. The standard InChI is InChI=1S/C12H18N6O/c1-7-4-18(5-8(2)19-7)11-9-10(15-6-14-9)16-12(13-3)17-11/h6-8H,4-5H2,1-3H3,(H2,13,14,15,16,17). The number of H-pyrrole nitrogens is 1. The van der Waals surface area contributed by atoms with Crippen molar-refractivity contribution in [3.8, 4) is 0 Å². The highest BCUT2D eigenvalue weighted by atomic mass is 16.5. The lowest BCUT2D eigenvalue weighted by Gasteiger charge is -2.36. The lowest BCUT2D eigenvalue weighted by molar-refractivity contribution is -0.00537. The van der Waals surface area contributed by atoms with Gasteiger partial charge in [-0.15, -0.1) is 0 Å². The summed E-state index contributed by atoms with van der Waals surface area (Å²) < 4.78 is 5.76. The minimum absolute atomic E-state index is 0.190. The van der Waals surface area contributed by atoms with Gasteiger partial charge in [-0.2, -0.15) is 9.97 Å². The smallest absolute Gasteiger partial charge is 0.226 e. The summed E-state index contributed by atoms with van der Waals surface area (Å²) >= 11 is 0. The average molecular weight is 262 g/mol. The van der Waals surface area contributed by atoms with Crippen LogP contribution in [0.5, 0.6) is 0 Å². The molecule has 1 saturated heterocycles. The largest absolute Gasteiger partial charge is 0.372 e. The molecule has 0 spiro atoms. The molecule has 1 aliphatic heterocycles. The average Bonchev–Trinajstić information content (AvgIpc) is 2.84. The number of ether oxygens (including phenoxy) is 1. The predicted molar refractivity (Wildman–Crippen MR) is 73.5 cm³/mol. The fraction of sp³-hybridized carbons (Fsp3) is 0.583. The fourth-order valence-corrected chi connectivity index (χ4v) is 2.51. The first-order chi connectivity index (χ1) is 9.17. The molecule has 102 valence electrons. The second kappa shape index (κ2) is 4.65. The number of rotatable bonds is 2. The molecule has 0 bridgehead atoms. The van der Waals surface area contributed by atoms with E-state index < -0.39 is 0 Å². The molecule has 2 aromatic heterocycles. The van der Waals surface area contributed by atoms with Crippen molar-refractivity contribution in [2.45, 2.75) is 26.1 Å². The van der Waals surface area contributed by atoms with Crippen LogP contribution in [0.1, 0.15) is 13.8 Å². The number of hydrogen-bond acceptors (Lipinski definition) is 6. The highest BCUT2D eigenvalue weighted by Crippen LogP contribution is 2.25. The SMILES string of the molecule is CNc1nc(N2CC(C)OC(C)C2)c2[nH]cnc2n1. The molecular formula is C12H18N6O. The van der Waals surface area contributed by atoms with E-state index in [1.165, 1.54) is 0 Å².